The Bertz CT molecular complexity index is 999. The quantitative estimate of drug-likeness (QED) is 0.729. The summed E-state index contributed by atoms with van der Waals surface area (Å²) in [7, 11) is 0. The highest BCUT2D eigenvalue weighted by atomic mass is 32.1. The maximum absolute atomic E-state index is 12.3. The number of hydrogen-bond donors (Lipinski definition) is 1. The third-order valence-corrected chi connectivity index (χ3v) is 5.40. The molecule has 2 aromatic carbocycles. The average molecular weight is 359 g/mol. The molecule has 1 N–H and O–H groups in total. The SMILES string of the molecule is N#Cc1ccc(C(=O)Nc2nc(-c3ccc4c(c3)CCCC4)cs2)cc1. The summed E-state index contributed by atoms with van der Waals surface area (Å²) in [5.74, 6) is -0.221. The van der Waals surface area contributed by atoms with E-state index in [1.165, 1.54) is 41.7 Å². The number of rotatable bonds is 3. The van der Waals surface area contributed by atoms with Crippen molar-refractivity contribution in [3.63, 3.8) is 0 Å². The standard InChI is InChI=1S/C21H17N3OS/c22-12-14-5-7-16(8-6-14)20(25)24-21-23-19(13-26-21)18-10-9-15-3-1-2-4-17(15)11-18/h5-11,13H,1-4H2,(H,23,24,25). The van der Waals surface area contributed by atoms with Crippen LogP contribution < -0.4 is 5.32 Å². The van der Waals surface area contributed by atoms with E-state index in [4.69, 9.17) is 5.26 Å². The number of benzene rings is 2. The van der Waals surface area contributed by atoms with Gasteiger partial charge in [0.25, 0.3) is 5.91 Å². The number of nitrogens with one attached hydrogen (secondary N) is 1. The molecule has 4 rings (SSSR count). The smallest absolute Gasteiger partial charge is 0.257 e. The number of thiazole rings is 1. The van der Waals surface area contributed by atoms with Gasteiger partial charge in [0, 0.05) is 16.5 Å². The molecule has 0 saturated heterocycles. The molecule has 26 heavy (non-hydrogen) atoms. The number of aryl methyl sites for hydroxylation is 2. The Balaban J connectivity index is 1.51. The summed E-state index contributed by atoms with van der Waals surface area (Å²) in [6.45, 7) is 0. The van der Waals surface area contributed by atoms with Crippen LogP contribution in [0, 0.1) is 11.3 Å². The summed E-state index contributed by atoms with van der Waals surface area (Å²) in [6, 6.07) is 15.2. The fourth-order valence-corrected chi connectivity index (χ4v) is 3.94. The van der Waals surface area contributed by atoms with Gasteiger partial charge in [0.05, 0.1) is 17.3 Å². The fraction of sp³-hybridized carbons (Fsp3) is 0.190. The van der Waals surface area contributed by atoms with Crippen LogP contribution in [0.15, 0.2) is 47.8 Å². The molecule has 4 nitrogen and oxygen atoms in total. The van der Waals surface area contributed by atoms with Gasteiger partial charge in [-0.1, -0.05) is 12.1 Å². The fourth-order valence-electron chi connectivity index (χ4n) is 3.22. The van der Waals surface area contributed by atoms with E-state index in [2.05, 4.69) is 28.5 Å². The van der Waals surface area contributed by atoms with Crippen molar-refractivity contribution in [1.82, 2.24) is 4.98 Å². The molecule has 0 bridgehead atoms. The summed E-state index contributed by atoms with van der Waals surface area (Å²) >= 11 is 1.42. The minimum atomic E-state index is -0.221. The second-order valence-electron chi connectivity index (χ2n) is 6.37. The second kappa shape index (κ2) is 7.11. The van der Waals surface area contributed by atoms with Gasteiger partial charge in [-0.3, -0.25) is 10.1 Å². The van der Waals surface area contributed by atoms with Gasteiger partial charge in [-0.05, 0) is 67.1 Å². The highest BCUT2D eigenvalue weighted by Gasteiger charge is 2.13. The van der Waals surface area contributed by atoms with Crippen molar-refractivity contribution in [2.75, 3.05) is 5.32 Å². The van der Waals surface area contributed by atoms with Crippen LogP contribution in [0.25, 0.3) is 11.3 Å². The summed E-state index contributed by atoms with van der Waals surface area (Å²) in [6.07, 6.45) is 4.82. The van der Waals surface area contributed by atoms with E-state index in [0.717, 1.165) is 17.7 Å². The lowest BCUT2D eigenvalue weighted by Crippen LogP contribution is -2.11. The van der Waals surface area contributed by atoms with Crippen LogP contribution in [0.4, 0.5) is 5.13 Å². The Hall–Kier alpha value is -2.97. The molecule has 0 saturated carbocycles. The number of fused-ring (bicyclic) bond motifs is 1. The monoisotopic (exact) mass is 359 g/mol. The van der Waals surface area contributed by atoms with E-state index >= 15 is 0 Å². The molecule has 1 aliphatic carbocycles. The Labute approximate surface area is 156 Å². The van der Waals surface area contributed by atoms with E-state index in [-0.39, 0.29) is 5.91 Å². The lowest BCUT2D eigenvalue weighted by molar-refractivity contribution is 0.102. The third kappa shape index (κ3) is 3.37. The summed E-state index contributed by atoms with van der Waals surface area (Å²) in [5.41, 5.74) is 5.90. The van der Waals surface area contributed by atoms with Gasteiger partial charge in [0.15, 0.2) is 5.13 Å². The first kappa shape index (κ1) is 16.5. The van der Waals surface area contributed by atoms with Crippen molar-refractivity contribution in [1.29, 1.82) is 5.26 Å². The average Bonchev–Trinajstić information content (AvgIpc) is 3.16. The van der Waals surface area contributed by atoms with Crippen LogP contribution in [-0.4, -0.2) is 10.9 Å². The first-order chi connectivity index (χ1) is 12.7. The van der Waals surface area contributed by atoms with Crippen molar-refractivity contribution in [3.8, 4) is 17.3 Å². The predicted octanol–water partition coefficient (Wildman–Crippen LogP) is 4.81. The Morgan fingerprint density at radius 1 is 1.08 bits per heavy atom. The third-order valence-electron chi connectivity index (χ3n) is 4.65. The molecule has 0 aliphatic heterocycles. The first-order valence-electron chi connectivity index (χ1n) is 8.62. The lowest BCUT2D eigenvalue weighted by Gasteiger charge is -2.16. The maximum Gasteiger partial charge on any atom is 0.257 e. The zero-order valence-electron chi connectivity index (χ0n) is 14.2. The van der Waals surface area contributed by atoms with Crippen LogP contribution in [0.3, 0.4) is 0 Å². The van der Waals surface area contributed by atoms with Gasteiger partial charge < -0.3 is 0 Å². The van der Waals surface area contributed by atoms with E-state index in [9.17, 15) is 4.79 Å². The maximum atomic E-state index is 12.3. The zero-order chi connectivity index (χ0) is 17.9. The minimum Gasteiger partial charge on any atom is -0.298 e. The van der Waals surface area contributed by atoms with Crippen molar-refractivity contribution in [2.24, 2.45) is 0 Å². The van der Waals surface area contributed by atoms with Gasteiger partial charge in [0.1, 0.15) is 0 Å². The van der Waals surface area contributed by atoms with Crippen molar-refractivity contribution in [2.45, 2.75) is 25.7 Å². The van der Waals surface area contributed by atoms with Crippen LogP contribution in [-0.2, 0) is 12.8 Å². The molecule has 1 aromatic heterocycles. The van der Waals surface area contributed by atoms with Gasteiger partial charge in [0.2, 0.25) is 0 Å². The Kier molecular flexibility index (Phi) is 4.51. The normalized spacial score (nSPS) is 12.9. The number of carbonyl (C=O) groups excluding carboxylic acids is 1. The molecule has 0 radical (unpaired) electrons. The second-order valence-corrected chi connectivity index (χ2v) is 7.23. The minimum absolute atomic E-state index is 0.221. The van der Waals surface area contributed by atoms with Gasteiger partial charge in [-0.2, -0.15) is 5.26 Å². The number of aromatic nitrogens is 1. The molecule has 0 fully saturated rings. The molecular formula is C21H17N3OS. The summed E-state index contributed by atoms with van der Waals surface area (Å²) in [4.78, 5) is 16.9. The van der Waals surface area contributed by atoms with E-state index in [1.807, 2.05) is 11.4 Å². The van der Waals surface area contributed by atoms with Crippen molar-refractivity contribution in [3.05, 3.63) is 70.1 Å². The van der Waals surface area contributed by atoms with Gasteiger partial charge in [-0.15, -0.1) is 11.3 Å². The van der Waals surface area contributed by atoms with E-state index < -0.39 is 0 Å². The van der Waals surface area contributed by atoms with Crippen LogP contribution in [0.1, 0.15) is 39.9 Å². The number of hydrogen-bond acceptors (Lipinski definition) is 4. The van der Waals surface area contributed by atoms with Crippen molar-refractivity contribution < 1.29 is 4.79 Å². The largest absolute Gasteiger partial charge is 0.298 e. The summed E-state index contributed by atoms with van der Waals surface area (Å²) < 4.78 is 0. The number of nitriles is 1. The lowest BCUT2D eigenvalue weighted by atomic mass is 9.90. The van der Waals surface area contributed by atoms with Gasteiger partial charge in [-0.25, -0.2) is 4.98 Å². The molecule has 128 valence electrons. The zero-order valence-corrected chi connectivity index (χ0v) is 15.0. The highest BCUT2D eigenvalue weighted by Crippen LogP contribution is 2.29. The molecule has 0 atom stereocenters. The van der Waals surface area contributed by atoms with E-state index in [1.54, 1.807) is 24.3 Å². The molecule has 3 aromatic rings. The summed E-state index contributed by atoms with van der Waals surface area (Å²) in [5, 5.41) is 14.2. The predicted molar refractivity (Wildman–Crippen MR) is 103 cm³/mol. The van der Waals surface area contributed by atoms with Crippen molar-refractivity contribution >= 4 is 22.4 Å². The molecule has 1 amide bonds. The Morgan fingerprint density at radius 2 is 1.85 bits per heavy atom. The topological polar surface area (TPSA) is 65.8 Å². The molecule has 1 heterocycles. The highest BCUT2D eigenvalue weighted by molar-refractivity contribution is 7.14. The molecule has 0 spiro atoms. The molecule has 0 unspecified atom stereocenters. The first-order valence-corrected chi connectivity index (χ1v) is 9.50. The number of anilines is 1. The van der Waals surface area contributed by atoms with E-state index in [0.29, 0.717) is 16.3 Å². The van der Waals surface area contributed by atoms with Crippen LogP contribution in [0.2, 0.25) is 0 Å². The van der Waals surface area contributed by atoms with Crippen LogP contribution >= 0.6 is 11.3 Å². The molecular weight excluding hydrogens is 342 g/mol. The molecule has 5 heteroatoms. The van der Waals surface area contributed by atoms with Gasteiger partial charge >= 0.3 is 0 Å². The van der Waals surface area contributed by atoms with Crippen LogP contribution in [0.5, 0.6) is 0 Å². The molecule has 1 aliphatic rings. The number of carbonyl (C=O) groups is 1. The number of amides is 1. The number of nitrogens with zero attached hydrogens (tertiary/aromatic N) is 2. The Morgan fingerprint density at radius 3 is 2.62 bits per heavy atom.